The van der Waals surface area contributed by atoms with Gasteiger partial charge < -0.3 is 14.9 Å². The van der Waals surface area contributed by atoms with Crippen molar-refractivity contribution in [3.8, 4) is 0 Å². The van der Waals surface area contributed by atoms with Crippen LogP contribution in [-0.4, -0.2) is 46.8 Å². The summed E-state index contributed by atoms with van der Waals surface area (Å²) in [5.74, 6) is 0.526. The number of carbonyl (C=O) groups is 1. The van der Waals surface area contributed by atoms with Crippen molar-refractivity contribution in [2.24, 2.45) is 5.92 Å². The fourth-order valence-electron chi connectivity index (χ4n) is 2.81. The monoisotopic (exact) mass is 267 g/mol. The molecule has 3 heterocycles. The fourth-order valence-corrected chi connectivity index (χ4v) is 2.92. The van der Waals surface area contributed by atoms with Crippen molar-refractivity contribution >= 4 is 23.4 Å². The van der Waals surface area contributed by atoms with Crippen molar-refractivity contribution in [2.45, 2.75) is 12.5 Å². The van der Waals surface area contributed by atoms with E-state index in [1.54, 1.807) is 12.3 Å². The summed E-state index contributed by atoms with van der Waals surface area (Å²) < 4.78 is 0. The van der Waals surface area contributed by atoms with E-state index in [1.807, 2.05) is 6.07 Å². The molecule has 2 saturated heterocycles. The minimum Gasteiger partial charge on any atom is -0.465 e. The second-order valence-corrected chi connectivity index (χ2v) is 5.22. The van der Waals surface area contributed by atoms with E-state index in [0.29, 0.717) is 17.6 Å². The second kappa shape index (κ2) is 4.31. The van der Waals surface area contributed by atoms with Crippen LogP contribution in [-0.2, 0) is 0 Å². The van der Waals surface area contributed by atoms with Crippen molar-refractivity contribution < 1.29 is 9.90 Å². The van der Waals surface area contributed by atoms with Crippen LogP contribution in [0.2, 0.25) is 5.15 Å². The van der Waals surface area contributed by atoms with Gasteiger partial charge >= 0.3 is 6.09 Å². The Morgan fingerprint density at radius 2 is 2.28 bits per heavy atom. The van der Waals surface area contributed by atoms with Crippen molar-refractivity contribution in [1.29, 1.82) is 0 Å². The number of hydrogen-bond acceptors (Lipinski definition) is 3. The number of fused-ring (bicyclic) bond motifs is 1. The lowest BCUT2D eigenvalue weighted by Gasteiger charge is -2.52. The molecule has 2 atom stereocenters. The van der Waals surface area contributed by atoms with Gasteiger partial charge in [0, 0.05) is 25.6 Å². The highest BCUT2D eigenvalue weighted by Gasteiger charge is 2.45. The zero-order valence-electron chi connectivity index (χ0n) is 9.79. The van der Waals surface area contributed by atoms with Gasteiger partial charge in [-0.05, 0) is 18.6 Å². The van der Waals surface area contributed by atoms with Gasteiger partial charge in [-0.25, -0.2) is 9.78 Å². The van der Waals surface area contributed by atoms with Gasteiger partial charge in [0.25, 0.3) is 0 Å². The molecule has 96 valence electrons. The van der Waals surface area contributed by atoms with Crippen molar-refractivity contribution in [1.82, 2.24) is 9.88 Å². The molecule has 0 spiro atoms. The first-order valence-electron chi connectivity index (χ1n) is 6.01. The second-order valence-electron chi connectivity index (χ2n) is 4.84. The molecule has 3 rings (SSSR count). The molecule has 5 nitrogen and oxygen atoms in total. The lowest BCUT2D eigenvalue weighted by Crippen LogP contribution is -2.65. The molecule has 0 aliphatic carbocycles. The maximum Gasteiger partial charge on any atom is 0.407 e. The van der Waals surface area contributed by atoms with Crippen LogP contribution in [0.5, 0.6) is 0 Å². The molecule has 0 bridgehead atoms. The van der Waals surface area contributed by atoms with Crippen molar-refractivity contribution in [3.05, 3.63) is 23.5 Å². The molecule has 2 aliphatic rings. The fraction of sp³-hybridized carbons (Fsp3) is 0.500. The highest BCUT2D eigenvalue weighted by molar-refractivity contribution is 6.29. The van der Waals surface area contributed by atoms with Gasteiger partial charge in [0.15, 0.2) is 0 Å². The number of piperidine rings is 1. The van der Waals surface area contributed by atoms with Crippen LogP contribution in [0, 0.1) is 5.92 Å². The van der Waals surface area contributed by atoms with Crippen LogP contribution in [0.4, 0.5) is 10.5 Å². The van der Waals surface area contributed by atoms with E-state index < -0.39 is 6.09 Å². The molecule has 18 heavy (non-hydrogen) atoms. The predicted molar refractivity (Wildman–Crippen MR) is 68.1 cm³/mol. The summed E-state index contributed by atoms with van der Waals surface area (Å²) in [5.41, 5.74) is 1.01. The molecule has 2 unspecified atom stereocenters. The number of aromatic nitrogens is 1. The number of carboxylic acid groups (broad SMARTS) is 1. The standard InChI is InChI=1S/C12H14ClN3O2/c13-11-2-1-9(5-14-11)15-4-3-8-6-16(12(17)18)10(8)7-15/h1-2,5,8,10H,3-4,6-7H2,(H,17,18). The summed E-state index contributed by atoms with van der Waals surface area (Å²) in [6.07, 6.45) is 1.97. The highest BCUT2D eigenvalue weighted by Crippen LogP contribution is 2.34. The Bertz CT molecular complexity index is 465. The van der Waals surface area contributed by atoms with Crippen LogP contribution in [0.3, 0.4) is 0 Å². The molecule has 2 fully saturated rings. The molecule has 1 aromatic heterocycles. The molecule has 0 saturated carbocycles. The van der Waals surface area contributed by atoms with Crippen LogP contribution in [0.15, 0.2) is 18.3 Å². The first kappa shape index (κ1) is 11.6. The number of likely N-dealkylation sites (tertiary alicyclic amines) is 1. The van der Waals surface area contributed by atoms with Crippen LogP contribution in [0.25, 0.3) is 0 Å². The summed E-state index contributed by atoms with van der Waals surface area (Å²) >= 11 is 5.76. The van der Waals surface area contributed by atoms with Gasteiger partial charge in [-0.15, -0.1) is 0 Å². The quantitative estimate of drug-likeness (QED) is 0.790. The van der Waals surface area contributed by atoms with E-state index >= 15 is 0 Å². The van der Waals surface area contributed by atoms with E-state index in [2.05, 4.69) is 9.88 Å². The van der Waals surface area contributed by atoms with Gasteiger partial charge in [-0.1, -0.05) is 11.6 Å². The Kier molecular flexibility index (Phi) is 2.78. The third kappa shape index (κ3) is 1.88. The number of pyridine rings is 1. The maximum atomic E-state index is 11.0. The van der Waals surface area contributed by atoms with Crippen LogP contribution < -0.4 is 4.90 Å². The topological polar surface area (TPSA) is 56.7 Å². The first-order valence-corrected chi connectivity index (χ1v) is 6.39. The Hall–Kier alpha value is -1.49. The van der Waals surface area contributed by atoms with E-state index in [9.17, 15) is 4.79 Å². The first-order chi connectivity index (χ1) is 8.65. The largest absolute Gasteiger partial charge is 0.465 e. The zero-order chi connectivity index (χ0) is 12.7. The average Bonchev–Trinajstić information content (AvgIpc) is 2.31. The smallest absolute Gasteiger partial charge is 0.407 e. The Morgan fingerprint density at radius 1 is 1.44 bits per heavy atom. The lowest BCUT2D eigenvalue weighted by molar-refractivity contribution is 0.0136. The summed E-state index contributed by atoms with van der Waals surface area (Å²) in [5, 5.41) is 9.52. The van der Waals surface area contributed by atoms with E-state index in [0.717, 1.165) is 25.2 Å². The minimum absolute atomic E-state index is 0.131. The van der Waals surface area contributed by atoms with Crippen LogP contribution >= 0.6 is 11.6 Å². The Morgan fingerprint density at radius 3 is 2.94 bits per heavy atom. The van der Waals surface area contributed by atoms with E-state index in [1.165, 1.54) is 4.90 Å². The SMILES string of the molecule is O=C(O)N1CC2CCN(c3ccc(Cl)nc3)CC21. The number of halogens is 1. The highest BCUT2D eigenvalue weighted by atomic mass is 35.5. The molecule has 2 aliphatic heterocycles. The van der Waals surface area contributed by atoms with Gasteiger partial charge in [-0.3, -0.25) is 0 Å². The number of hydrogen-bond donors (Lipinski definition) is 1. The molecular formula is C12H14ClN3O2. The number of amides is 1. The van der Waals surface area contributed by atoms with Gasteiger partial charge in [-0.2, -0.15) is 0 Å². The van der Waals surface area contributed by atoms with E-state index in [-0.39, 0.29) is 6.04 Å². The minimum atomic E-state index is -0.813. The number of anilines is 1. The summed E-state index contributed by atoms with van der Waals surface area (Å²) in [7, 11) is 0. The van der Waals surface area contributed by atoms with Gasteiger partial charge in [0.05, 0.1) is 17.9 Å². The number of rotatable bonds is 1. The van der Waals surface area contributed by atoms with Gasteiger partial charge in [0.2, 0.25) is 0 Å². The molecule has 0 radical (unpaired) electrons. The van der Waals surface area contributed by atoms with Crippen molar-refractivity contribution in [3.63, 3.8) is 0 Å². The molecule has 1 N–H and O–H groups in total. The maximum absolute atomic E-state index is 11.0. The molecular weight excluding hydrogens is 254 g/mol. The lowest BCUT2D eigenvalue weighted by atomic mass is 9.82. The molecule has 6 heteroatoms. The zero-order valence-corrected chi connectivity index (χ0v) is 10.5. The predicted octanol–water partition coefficient (Wildman–Crippen LogP) is 1.92. The molecule has 1 aromatic rings. The summed E-state index contributed by atoms with van der Waals surface area (Å²) in [6, 6.07) is 3.82. The average molecular weight is 268 g/mol. The normalized spacial score (nSPS) is 26.5. The van der Waals surface area contributed by atoms with Crippen LogP contribution in [0.1, 0.15) is 6.42 Å². The third-order valence-corrected chi connectivity index (χ3v) is 4.10. The number of nitrogens with zero attached hydrogens (tertiary/aromatic N) is 3. The summed E-state index contributed by atoms with van der Waals surface area (Å²) in [6.45, 7) is 2.39. The van der Waals surface area contributed by atoms with Gasteiger partial charge in [0.1, 0.15) is 5.15 Å². The van der Waals surface area contributed by atoms with E-state index in [4.69, 9.17) is 16.7 Å². The third-order valence-electron chi connectivity index (χ3n) is 3.88. The molecule has 1 amide bonds. The molecule has 0 aromatic carbocycles. The Labute approximate surface area is 110 Å². The van der Waals surface area contributed by atoms with Crippen molar-refractivity contribution in [2.75, 3.05) is 24.5 Å². The Balaban J connectivity index is 1.72. The summed E-state index contributed by atoms with van der Waals surface area (Å²) in [4.78, 5) is 18.8.